The number of hydrogen-bond donors (Lipinski definition) is 0. The molecule has 0 spiro atoms. The molecule has 3 nitrogen and oxygen atoms in total. The zero-order valence-corrected chi connectivity index (χ0v) is 12.7. The highest BCUT2D eigenvalue weighted by atomic mass is 35.5. The summed E-state index contributed by atoms with van der Waals surface area (Å²) >= 11 is 7.36. The molecule has 0 saturated carbocycles. The lowest BCUT2D eigenvalue weighted by molar-refractivity contribution is 0.955. The van der Waals surface area contributed by atoms with Gasteiger partial charge in [-0.2, -0.15) is 5.11 Å². The van der Waals surface area contributed by atoms with E-state index < -0.39 is 0 Å². The van der Waals surface area contributed by atoms with Gasteiger partial charge in [-0.3, -0.25) is 0 Å². The number of rotatable bonds is 4. The summed E-state index contributed by atoms with van der Waals surface area (Å²) in [7, 11) is 0. The molecule has 0 saturated heterocycles. The monoisotopic (exact) mass is 313 g/mol. The van der Waals surface area contributed by atoms with Crippen LogP contribution in [0.1, 0.15) is 5.56 Å². The van der Waals surface area contributed by atoms with E-state index in [9.17, 15) is 0 Å². The van der Waals surface area contributed by atoms with Gasteiger partial charge in [-0.05, 0) is 17.7 Å². The van der Waals surface area contributed by atoms with Crippen LogP contribution in [0.3, 0.4) is 0 Å². The van der Waals surface area contributed by atoms with Gasteiger partial charge in [0, 0.05) is 16.0 Å². The molecule has 1 aromatic heterocycles. The van der Waals surface area contributed by atoms with E-state index in [0.29, 0.717) is 11.7 Å². The summed E-state index contributed by atoms with van der Waals surface area (Å²) < 4.78 is 0. The third kappa shape index (κ3) is 3.74. The molecule has 0 atom stereocenters. The van der Waals surface area contributed by atoms with E-state index in [-0.39, 0.29) is 0 Å². The third-order valence-corrected chi connectivity index (χ3v) is 3.86. The van der Waals surface area contributed by atoms with Crippen LogP contribution in [0.4, 0.5) is 5.13 Å². The van der Waals surface area contributed by atoms with Crippen molar-refractivity contribution in [1.29, 1.82) is 0 Å². The van der Waals surface area contributed by atoms with Gasteiger partial charge in [0.15, 0.2) is 0 Å². The van der Waals surface area contributed by atoms with Crippen molar-refractivity contribution in [1.82, 2.24) is 4.98 Å². The number of halogens is 1. The van der Waals surface area contributed by atoms with Crippen molar-refractivity contribution < 1.29 is 0 Å². The minimum Gasteiger partial charge on any atom is -0.217 e. The first-order valence-corrected chi connectivity index (χ1v) is 7.70. The van der Waals surface area contributed by atoms with Crippen LogP contribution < -0.4 is 0 Å². The first-order valence-electron chi connectivity index (χ1n) is 6.44. The molecule has 104 valence electrons. The molecular formula is C16H12ClN3S. The number of hydrogen-bond acceptors (Lipinski definition) is 4. The summed E-state index contributed by atoms with van der Waals surface area (Å²) in [5, 5.41) is 11.7. The molecule has 0 amide bonds. The second-order valence-electron chi connectivity index (χ2n) is 4.41. The SMILES string of the molecule is Clc1ccc(-c2csc(N=NCc3ccccc3)n2)cc1. The Bertz CT molecular complexity index is 736. The molecule has 0 aliphatic rings. The molecule has 0 aliphatic heterocycles. The Hall–Kier alpha value is -2.04. The van der Waals surface area contributed by atoms with E-state index in [2.05, 4.69) is 15.2 Å². The maximum Gasteiger partial charge on any atom is 0.230 e. The molecule has 0 fully saturated rings. The third-order valence-electron chi connectivity index (χ3n) is 2.88. The lowest BCUT2D eigenvalue weighted by atomic mass is 10.2. The zero-order chi connectivity index (χ0) is 14.5. The van der Waals surface area contributed by atoms with Crippen molar-refractivity contribution in [3.63, 3.8) is 0 Å². The molecule has 5 heteroatoms. The summed E-state index contributed by atoms with van der Waals surface area (Å²) in [5.41, 5.74) is 3.06. The fraction of sp³-hybridized carbons (Fsp3) is 0.0625. The first kappa shape index (κ1) is 13.9. The van der Waals surface area contributed by atoms with Gasteiger partial charge in [0.1, 0.15) is 0 Å². The van der Waals surface area contributed by atoms with Gasteiger partial charge < -0.3 is 0 Å². The lowest BCUT2D eigenvalue weighted by Gasteiger charge is -1.95. The van der Waals surface area contributed by atoms with Crippen molar-refractivity contribution in [2.45, 2.75) is 6.54 Å². The van der Waals surface area contributed by atoms with Crippen molar-refractivity contribution >= 4 is 28.1 Å². The van der Waals surface area contributed by atoms with Crippen LogP contribution in [0.15, 0.2) is 70.2 Å². The van der Waals surface area contributed by atoms with Crippen molar-refractivity contribution in [3.05, 3.63) is 70.6 Å². The maximum atomic E-state index is 5.88. The first-order chi connectivity index (χ1) is 10.3. The van der Waals surface area contributed by atoms with Crippen molar-refractivity contribution in [2.75, 3.05) is 0 Å². The predicted molar refractivity (Wildman–Crippen MR) is 87.2 cm³/mol. The molecular weight excluding hydrogens is 302 g/mol. The van der Waals surface area contributed by atoms with E-state index in [0.717, 1.165) is 21.8 Å². The van der Waals surface area contributed by atoms with Gasteiger partial charge in [-0.15, -0.1) is 16.5 Å². The van der Waals surface area contributed by atoms with E-state index in [1.807, 2.05) is 60.0 Å². The summed E-state index contributed by atoms with van der Waals surface area (Å²) in [5.74, 6) is 0. The van der Waals surface area contributed by atoms with Gasteiger partial charge in [0.2, 0.25) is 5.13 Å². The molecule has 1 heterocycles. The van der Waals surface area contributed by atoms with Gasteiger partial charge in [-0.25, -0.2) is 4.98 Å². The van der Waals surface area contributed by atoms with Crippen molar-refractivity contribution in [3.8, 4) is 11.3 Å². The fourth-order valence-electron chi connectivity index (χ4n) is 1.82. The van der Waals surface area contributed by atoms with Gasteiger partial charge >= 0.3 is 0 Å². The number of benzene rings is 2. The molecule has 3 rings (SSSR count). The van der Waals surface area contributed by atoms with E-state index in [4.69, 9.17) is 11.6 Å². The van der Waals surface area contributed by atoms with E-state index >= 15 is 0 Å². The molecule has 0 radical (unpaired) electrons. The Morgan fingerprint density at radius 2 is 1.76 bits per heavy atom. The standard InChI is InChI=1S/C16H12ClN3S/c17-14-8-6-13(7-9-14)15-11-21-16(19-15)20-18-10-12-4-2-1-3-5-12/h1-9,11H,10H2. The fourth-order valence-corrected chi connectivity index (χ4v) is 2.61. The molecule has 0 N–H and O–H groups in total. The smallest absolute Gasteiger partial charge is 0.217 e. The van der Waals surface area contributed by atoms with E-state index in [1.54, 1.807) is 0 Å². The van der Waals surface area contributed by atoms with Crippen LogP contribution in [0.5, 0.6) is 0 Å². The van der Waals surface area contributed by atoms with Crippen LogP contribution in [-0.4, -0.2) is 4.98 Å². The van der Waals surface area contributed by atoms with Crippen LogP contribution in [0.25, 0.3) is 11.3 Å². The summed E-state index contributed by atoms with van der Waals surface area (Å²) in [6.45, 7) is 0.566. The highest BCUT2D eigenvalue weighted by Crippen LogP contribution is 2.27. The Labute approximate surface area is 132 Å². The quantitative estimate of drug-likeness (QED) is 0.565. The highest BCUT2D eigenvalue weighted by molar-refractivity contribution is 7.13. The highest BCUT2D eigenvalue weighted by Gasteiger charge is 2.03. The Balaban J connectivity index is 1.69. The average Bonchev–Trinajstić information content (AvgIpc) is 2.98. The molecule has 0 aliphatic carbocycles. The molecule has 0 unspecified atom stereocenters. The molecule has 2 aromatic carbocycles. The van der Waals surface area contributed by atoms with Gasteiger partial charge in [0.25, 0.3) is 0 Å². The van der Waals surface area contributed by atoms with Crippen LogP contribution in [0, 0.1) is 0 Å². The van der Waals surface area contributed by atoms with Gasteiger partial charge in [-0.1, -0.05) is 54.1 Å². The second kappa shape index (κ2) is 6.61. The van der Waals surface area contributed by atoms with E-state index in [1.165, 1.54) is 11.3 Å². The van der Waals surface area contributed by atoms with Crippen LogP contribution in [-0.2, 0) is 6.54 Å². The second-order valence-corrected chi connectivity index (χ2v) is 5.68. The summed E-state index contributed by atoms with van der Waals surface area (Å²) in [6.07, 6.45) is 0. The number of azo groups is 1. The van der Waals surface area contributed by atoms with Crippen LogP contribution >= 0.6 is 22.9 Å². The topological polar surface area (TPSA) is 37.6 Å². The molecule has 3 aromatic rings. The normalized spacial score (nSPS) is 11.1. The molecule has 0 bridgehead atoms. The largest absolute Gasteiger partial charge is 0.230 e. The molecule has 21 heavy (non-hydrogen) atoms. The Morgan fingerprint density at radius 1 is 1.00 bits per heavy atom. The zero-order valence-electron chi connectivity index (χ0n) is 11.1. The Morgan fingerprint density at radius 3 is 2.52 bits per heavy atom. The van der Waals surface area contributed by atoms with Gasteiger partial charge in [0.05, 0.1) is 12.2 Å². The Kier molecular flexibility index (Phi) is 4.38. The van der Waals surface area contributed by atoms with Crippen molar-refractivity contribution in [2.24, 2.45) is 10.2 Å². The average molecular weight is 314 g/mol. The summed E-state index contributed by atoms with van der Waals surface area (Å²) in [4.78, 5) is 4.46. The maximum absolute atomic E-state index is 5.88. The lowest BCUT2D eigenvalue weighted by Crippen LogP contribution is -1.78. The minimum absolute atomic E-state index is 0.566. The van der Waals surface area contributed by atoms with Crippen LogP contribution in [0.2, 0.25) is 5.02 Å². The number of aromatic nitrogens is 1. The minimum atomic E-state index is 0.566. The summed E-state index contributed by atoms with van der Waals surface area (Å²) in [6, 6.07) is 17.6. The number of nitrogens with zero attached hydrogens (tertiary/aromatic N) is 3. The predicted octanol–water partition coefficient (Wildman–Crippen LogP) is 5.75. The number of thiazole rings is 1.